The van der Waals surface area contributed by atoms with E-state index in [1.54, 1.807) is 7.11 Å². The number of Topliss-reactive ketones (excluding diaryl/α,β-unsaturated/α-hetero) is 1. The molecule has 0 spiro atoms. The first-order chi connectivity index (χ1) is 11.3. The summed E-state index contributed by atoms with van der Waals surface area (Å²) in [5, 5.41) is 0. The molecule has 0 bridgehead atoms. The van der Waals surface area contributed by atoms with Crippen molar-refractivity contribution in [2.45, 2.75) is 64.4 Å². The second-order valence-corrected chi connectivity index (χ2v) is 6.51. The number of ketones is 1. The first-order valence-corrected chi connectivity index (χ1v) is 8.98. The molecule has 1 saturated carbocycles. The second kappa shape index (κ2) is 9.84. The number of rotatable bonds is 10. The molecule has 2 rings (SSSR count). The third kappa shape index (κ3) is 5.43. The first kappa shape index (κ1) is 18.2. The summed E-state index contributed by atoms with van der Waals surface area (Å²) < 4.78 is 10.7. The van der Waals surface area contributed by atoms with E-state index < -0.39 is 0 Å². The molecule has 1 fully saturated rings. The van der Waals surface area contributed by atoms with Gasteiger partial charge in [0.15, 0.2) is 5.78 Å². The lowest BCUT2D eigenvalue weighted by atomic mass is 10.1. The van der Waals surface area contributed by atoms with E-state index in [2.05, 4.69) is 13.0 Å². The summed E-state index contributed by atoms with van der Waals surface area (Å²) in [7, 11) is 1.64. The van der Waals surface area contributed by atoms with Crippen LogP contribution in [0.15, 0.2) is 35.5 Å². The maximum absolute atomic E-state index is 12.1. The highest BCUT2D eigenvalue weighted by Crippen LogP contribution is 2.42. The summed E-state index contributed by atoms with van der Waals surface area (Å²) in [6.45, 7) is 2.52. The quantitative estimate of drug-likeness (QED) is 0.331. The van der Waals surface area contributed by atoms with Crippen LogP contribution in [-0.4, -0.2) is 25.8 Å². The highest BCUT2D eigenvalue weighted by Gasteiger charge is 2.33. The van der Waals surface area contributed by atoms with Gasteiger partial charge >= 0.3 is 0 Å². The number of ether oxygens (including phenoxy) is 2. The fourth-order valence-corrected chi connectivity index (χ4v) is 3.54. The van der Waals surface area contributed by atoms with Crippen LogP contribution in [0.4, 0.5) is 0 Å². The van der Waals surface area contributed by atoms with Crippen LogP contribution in [0.1, 0.15) is 58.3 Å². The SMILES string of the molecule is CCCCCC(/C=C/C=C/C1=C2CCCC2CC1=O)OCOC. The highest BCUT2D eigenvalue weighted by atomic mass is 16.7. The summed E-state index contributed by atoms with van der Waals surface area (Å²) in [5.74, 6) is 0.863. The number of hydrogen-bond donors (Lipinski definition) is 0. The topological polar surface area (TPSA) is 35.5 Å². The van der Waals surface area contributed by atoms with Gasteiger partial charge in [-0.1, -0.05) is 56.1 Å². The number of allylic oxidation sites excluding steroid dienone is 5. The van der Waals surface area contributed by atoms with E-state index in [4.69, 9.17) is 9.47 Å². The third-order valence-electron chi connectivity index (χ3n) is 4.76. The zero-order chi connectivity index (χ0) is 16.5. The largest absolute Gasteiger partial charge is 0.359 e. The maximum atomic E-state index is 12.1. The standard InChI is InChI=1S/C20H30O3/c1-3-4-5-10-17(23-15-22-2)11-6-7-12-19-18-13-8-9-16(18)14-20(19)21/h6-7,11-12,16-17H,3-5,8-10,13-15H2,1-2H3/b11-6+,12-7+. The summed E-state index contributed by atoms with van der Waals surface area (Å²) in [6, 6.07) is 0. The molecule has 23 heavy (non-hydrogen) atoms. The van der Waals surface area contributed by atoms with Gasteiger partial charge in [0.25, 0.3) is 0 Å². The van der Waals surface area contributed by atoms with Gasteiger partial charge < -0.3 is 9.47 Å². The Morgan fingerprint density at radius 1 is 1.30 bits per heavy atom. The number of methoxy groups -OCH3 is 1. The van der Waals surface area contributed by atoms with Gasteiger partial charge in [0.05, 0.1) is 6.10 Å². The molecule has 2 aliphatic carbocycles. The van der Waals surface area contributed by atoms with Crippen LogP contribution in [0.2, 0.25) is 0 Å². The molecule has 0 amide bonds. The predicted molar refractivity (Wildman–Crippen MR) is 93.2 cm³/mol. The van der Waals surface area contributed by atoms with E-state index in [-0.39, 0.29) is 6.10 Å². The Kier molecular flexibility index (Phi) is 7.77. The Balaban J connectivity index is 1.89. The summed E-state index contributed by atoms with van der Waals surface area (Å²) in [6.07, 6.45) is 17.0. The molecule has 3 heteroatoms. The van der Waals surface area contributed by atoms with Crippen LogP contribution >= 0.6 is 0 Å². The number of carbonyl (C=O) groups excluding carboxylic acids is 1. The van der Waals surface area contributed by atoms with Crippen LogP contribution in [0.5, 0.6) is 0 Å². The molecular weight excluding hydrogens is 288 g/mol. The number of hydrogen-bond acceptors (Lipinski definition) is 3. The van der Waals surface area contributed by atoms with Crippen molar-refractivity contribution in [3.05, 3.63) is 35.5 Å². The predicted octanol–water partition coefficient (Wildman–Crippen LogP) is 4.74. The van der Waals surface area contributed by atoms with Gasteiger partial charge in [0.1, 0.15) is 6.79 Å². The van der Waals surface area contributed by atoms with Crippen molar-refractivity contribution >= 4 is 5.78 Å². The van der Waals surface area contributed by atoms with Gasteiger partial charge in [0.2, 0.25) is 0 Å². The van der Waals surface area contributed by atoms with Crippen LogP contribution in [-0.2, 0) is 14.3 Å². The molecule has 0 heterocycles. The fourth-order valence-electron chi connectivity index (χ4n) is 3.54. The Labute approximate surface area is 140 Å². The van der Waals surface area contributed by atoms with Crippen molar-refractivity contribution in [1.82, 2.24) is 0 Å². The Bertz CT molecular complexity index is 473. The minimum absolute atomic E-state index is 0.0855. The van der Waals surface area contributed by atoms with Crippen molar-refractivity contribution in [1.29, 1.82) is 0 Å². The van der Waals surface area contributed by atoms with Crippen LogP contribution < -0.4 is 0 Å². The van der Waals surface area contributed by atoms with Gasteiger partial charge in [-0.15, -0.1) is 0 Å². The van der Waals surface area contributed by atoms with Crippen molar-refractivity contribution in [2.24, 2.45) is 5.92 Å². The average molecular weight is 318 g/mol. The lowest BCUT2D eigenvalue weighted by Crippen LogP contribution is -2.11. The second-order valence-electron chi connectivity index (χ2n) is 6.51. The Morgan fingerprint density at radius 3 is 2.96 bits per heavy atom. The number of carbonyl (C=O) groups is 1. The third-order valence-corrected chi connectivity index (χ3v) is 4.76. The summed E-state index contributed by atoms with van der Waals surface area (Å²) in [4.78, 5) is 12.1. The van der Waals surface area contributed by atoms with E-state index in [1.165, 1.54) is 31.3 Å². The molecule has 0 aromatic rings. The van der Waals surface area contributed by atoms with Crippen LogP contribution in [0.3, 0.4) is 0 Å². The maximum Gasteiger partial charge on any atom is 0.163 e. The van der Waals surface area contributed by atoms with Crippen molar-refractivity contribution in [3.8, 4) is 0 Å². The Morgan fingerprint density at radius 2 is 2.17 bits per heavy atom. The number of unbranched alkanes of at least 4 members (excludes halogenated alkanes) is 2. The van der Waals surface area contributed by atoms with Crippen LogP contribution in [0, 0.1) is 5.92 Å². The molecule has 2 atom stereocenters. The van der Waals surface area contributed by atoms with Gasteiger partial charge in [-0.2, -0.15) is 0 Å². The van der Waals surface area contributed by atoms with Gasteiger partial charge in [-0.3, -0.25) is 4.79 Å². The molecule has 0 aliphatic heterocycles. The zero-order valence-electron chi connectivity index (χ0n) is 14.6. The molecule has 2 aliphatic rings. The van der Waals surface area contributed by atoms with E-state index in [0.717, 1.165) is 31.3 Å². The molecule has 0 radical (unpaired) electrons. The van der Waals surface area contributed by atoms with E-state index >= 15 is 0 Å². The molecule has 2 unspecified atom stereocenters. The van der Waals surface area contributed by atoms with E-state index in [9.17, 15) is 4.79 Å². The molecule has 0 saturated heterocycles. The highest BCUT2D eigenvalue weighted by molar-refractivity contribution is 6.01. The van der Waals surface area contributed by atoms with Gasteiger partial charge in [-0.25, -0.2) is 0 Å². The van der Waals surface area contributed by atoms with Crippen molar-refractivity contribution < 1.29 is 14.3 Å². The smallest absolute Gasteiger partial charge is 0.163 e. The summed E-state index contributed by atoms with van der Waals surface area (Å²) in [5.41, 5.74) is 2.37. The molecule has 0 aromatic heterocycles. The van der Waals surface area contributed by atoms with Gasteiger partial charge in [0, 0.05) is 19.1 Å². The van der Waals surface area contributed by atoms with E-state index in [1.807, 2.05) is 18.2 Å². The molecular formula is C20H30O3. The number of fused-ring (bicyclic) bond motifs is 1. The van der Waals surface area contributed by atoms with Crippen molar-refractivity contribution in [3.63, 3.8) is 0 Å². The molecule has 3 nitrogen and oxygen atoms in total. The lowest BCUT2D eigenvalue weighted by Gasteiger charge is -2.12. The summed E-state index contributed by atoms with van der Waals surface area (Å²) >= 11 is 0. The van der Waals surface area contributed by atoms with Crippen molar-refractivity contribution in [2.75, 3.05) is 13.9 Å². The van der Waals surface area contributed by atoms with Gasteiger partial charge in [-0.05, 0) is 31.6 Å². The fraction of sp³-hybridized carbons (Fsp3) is 0.650. The minimum Gasteiger partial charge on any atom is -0.359 e. The molecule has 0 N–H and O–H groups in total. The van der Waals surface area contributed by atoms with E-state index in [0.29, 0.717) is 18.5 Å². The first-order valence-electron chi connectivity index (χ1n) is 8.98. The lowest BCUT2D eigenvalue weighted by molar-refractivity contribution is -0.115. The normalized spacial score (nSPS) is 22.7. The average Bonchev–Trinajstić information content (AvgIpc) is 3.10. The molecule has 0 aromatic carbocycles. The monoisotopic (exact) mass is 318 g/mol. The minimum atomic E-state index is 0.0855. The Hall–Kier alpha value is -1.19. The molecule has 128 valence electrons. The van der Waals surface area contributed by atoms with Crippen LogP contribution in [0.25, 0.3) is 0 Å². The zero-order valence-corrected chi connectivity index (χ0v) is 14.6.